The number of carbonyl (C=O) groups is 2. The molecule has 6 heteroatoms. The molecule has 0 radical (unpaired) electrons. The topological polar surface area (TPSA) is 74.3 Å². The summed E-state index contributed by atoms with van der Waals surface area (Å²) in [5.41, 5.74) is 1.52. The Morgan fingerprint density at radius 2 is 1.71 bits per heavy atom. The predicted molar refractivity (Wildman–Crippen MR) is 110 cm³/mol. The van der Waals surface area contributed by atoms with Crippen LogP contribution in [0.4, 0.5) is 10.5 Å². The van der Waals surface area contributed by atoms with E-state index in [2.05, 4.69) is 15.6 Å². The first-order chi connectivity index (χ1) is 13.7. The summed E-state index contributed by atoms with van der Waals surface area (Å²) < 4.78 is 0. The van der Waals surface area contributed by atoms with Gasteiger partial charge in [-0.15, -0.1) is 0 Å². The fourth-order valence-corrected chi connectivity index (χ4v) is 3.56. The number of benzene rings is 1. The van der Waals surface area contributed by atoms with E-state index in [9.17, 15) is 9.59 Å². The summed E-state index contributed by atoms with van der Waals surface area (Å²) in [6.45, 7) is 2.35. The Morgan fingerprint density at radius 3 is 2.43 bits per heavy atom. The van der Waals surface area contributed by atoms with Crippen molar-refractivity contribution in [2.45, 2.75) is 32.1 Å². The van der Waals surface area contributed by atoms with Gasteiger partial charge in [-0.25, -0.2) is 4.79 Å². The molecule has 1 aliphatic heterocycles. The molecular formula is C22H28N4O2. The Morgan fingerprint density at radius 1 is 1.00 bits per heavy atom. The monoisotopic (exact) mass is 380 g/mol. The van der Waals surface area contributed by atoms with Gasteiger partial charge in [0.25, 0.3) is 5.91 Å². The maximum Gasteiger partial charge on any atom is 0.319 e. The van der Waals surface area contributed by atoms with Crippen LogP contribution in [0.3, 0.4) is 0 Å². The molecule has 0 saturated carbocycles. The van der Waals surface area contributed by atoms with Crippen molar-refractivity contribution in [1.82, 2.24) is 15.2 Å². The standard InChI is InChI=1S/C22H28N4O2/c27-21(19-7-2-1-3-8-19)26-16-11-18(12-17-26)6-4-5-13-24-22(28)25-20-9-14-23-15-10-20/h1-3,7-10,14-15,18H,4-6,11-13,16-17H2,(H2,23,24,25,28). The van der Waals surface area contributed by atoms with Crippen molar-refractivity contribution < 1.29 is 9.59 Å². The van der Waals surface area contributed by atoms with Gasteiger partial charge in [0.05, 0.1) is 0 Å². The van der Waals surface area contributed by atoms with E-state index in [-0.39, 0.29) is 11.9 Å². The number of nitrogens with one attached hydrogen (secondary N) is 2. The molecule has 28 heavy (non-hydrogen) atoms. The number of rotatable bonds is 7. The zero-order valence-corrected chi connectivity index (χ0v) is 16.1. The highest BCUT2D eigenvalue weighted by Gasteiger charge is 2.23. The number of amides is 3. The van der Waals surface area contributed by atoms with Crippen molar-refractivity contribution in [1.29, 1.82) is 0 Å². The van der Waals surface area contributed by atoms with Gasteiger partial charge in [0.15, 0.2) is 0 Å². The van der Waals surface area contributed by atoms with Crippen molar-refractivity contribution in [3.8, 4) is 0 Å². The summed E-state index contributed by atoms with van der Waals surface area (Å²) in [6.07, 6.45) is 8.63. The van der Waals surface area contributed by atoms with Crippen molar-refractivity contribution in [2.75, 3.05) is 25.0 Å². The van der Waals surface area contributed by atoms with E-state index in [0.717, 1.165) is 56.4 Å². The van der Waals surface area contributed by atoms with E-state index < -0.39 is 0 Å². The first kappa shape index (κ1) is 19.9. The van der Waals surface area contributed by atoms with Crippen LogP contribution in [0, 0.1) is 5.92 Å². The number of aromatic nitrogens is 1. The molecule has 148 valence electrons. The largest absolute Gasteiger partial charge is 0.339 e. The van der Waals surface area contributed by atoms with E-state index in [1.54, 1.807) is 24.5 Å². The molecule has 3 amide bonds. The second-order valence-electron chi connectivity index (χ2n) is 7.21. The molecular weight excluding hydrogens is 352 g/mol. The van der Waals surface area contributed by atoms with Crippen LogP contribution in [0.2, 0.25) is 0 Å². The van der Waals surface area contributed by atoms with Crippen molar-refractivity contribution >= 4 is 17.6 Å². The number of hydrogen-bond acceptors (Lipinski definition) is 3. The third-order valence-electron chi connectivity index (χ3n) is 5.19. The highest BCUT2D eigenvalue weighted by Crippen LogP contribution is 2.23. The minimum atomic E-state index is -0.182. The van der Waals surface area contributed by atoms with Crippen LogP contribution in [0.1, 0.15) is 42.5 Å². The molecule has 1 saturated heterocycles. The molecule has 6 nitrogen and oxygen atoms in total. The van der Waals surface area contributed by atoms with Crippen LogP contribution in [0.15, 0.2) is 54.9 Å². The van der Waals surface area contributed by atoms with Crippen LogP contribution in [-0.4, -0.2) is 41.5 Å². The van der Waals surface area contributed by atoms with Gasteiger partial charge in [0, 0.05) is 43.3 Å². The number of carbonyl (C=O) groups excluding carboxylic acids is 2. The number of nitrogens with zero attached hydrogens (tertiary/aromatic N) is 2. The molecule has 2 aromatic rings. The Kier molecular flexibility index (Phi) is 7.41. The van der Waals surface area contributed by atoms with E-state index >= 15 is 0 Å². The Hall–Kier alpha value is -2.89. The molecule has 0 unspecified atom stereocenters. The summed E-state index contributed by atoms with van der Waals surface area (Å²) in [6, 6.07) is 12.8. The normalized spacial score (nSPS) is 14.5. The maximum absolute atomic E-state index is 12.5. The lowest BCUT2D eigenvalue weighted by Crippen LogP contribution is -2.38. The Balaban J connectivity index is 1.27. The molecule has 0 aliphatic carbocycles. The minimum Gasteiger partial charge on any atom is -0.339 e. The fourth-order valence-electron chi connectivity index (χ4n) is 3.56. The predicted octanol–water partition coefficient (Wildman–Crippen LogP) is 3.93. The molecule has 0 atom stereocenters. The average Bonchev–Trinajstić information content (AvgIpc) is 2.75. The average molecular weight is 380 g/mol. The van der Waals surface area contributed by atoms with E-state index in [0.29, 0.717) is 12.5 Å². The van der Waals surface area contributed by atoms with Crippen molar-refractivity contribution in [3.05, 3.63) is 60.4 Å². The zero-order valence-electron chi connectivity index (χ0n) is 16.1. The van der Waals surface area contributed by atoms with Gasteiger partial charge < -0.3 is 15.5 Å². The lowest BCUT2D eigenvalue weighted by molar-refractivity contribution is 0.0686. The van der Waals surface area contributed by atoms with Crippen LogP contribution in [-0.2, 0) is 0 Å². The molecule has 0 bridgehead atoms. The van der Waals surface area contributed by atoms with Crippen LogP contribution in [0.5, 0.6) is 0 Å². The third kappa shape index (κ3) is 6.08. The SMILES string of the molecule is O=C(NCCCCC1CCN(C(=O)c2ccccc2)CC1)Nc1ccncc1. The highest BCUT2D eigenvalue weighted by atomic mass is 16.2. The minimum absolute atomic E-state index is 0.142. The van der Waals surface area contributed by atoms with Crippen molar-refractivity contribution in [3.63, 3.8) is 0 Å². The molecule has 2 heterocycles. The van der Waals surface area contributed by atoms with Gasteiger partial charge in [-0.05, 0) is 49.4 Å². The number of urea groups is 1. The third-order valence-corrected chi connectivity index (χ3v) is 5.19. The lowest BCUT2D eigenvalue weighted by atomic mass is 9.91. The molecule has 1 aromatic carbocycles. The number of pyridine rings is 1. The smallest absolute Gasteiger partial charge is 0.319 e. The van der Waals surface area contributed by atoms with E-state index in [4.69, 9.17) is 0 Å². The van der Waals surface area contributed by atoms with E-state index in [1.165, 1.54) is 0 Å². The van der Waals surface area contributed by atoms with Crippen LogP contribution >= 0.6 is 0 Å². The van der Waals surface area contributed by atoms with E-state index in [1.807, 2.05) is 35.2 Å². The quantitative estimate of drug-likeness (QED) is 0.715. The number of anilines is 1. The van der Waals surface area contributed by atoms with Gasteiger partial charge in [0.2, 0.25) is 0 Å². The summed E-state index contributed by atoms with van der Waals surface area (Å²) >= 11 is 0. The van der Waals surface area contributed by atoms with Crippen molar-refractivity contribution in [2.24, 2.45) is 5.92 Å². The Bertz CT molecular complexity index is 744. The van der Waals surface area contributed by atoms with Gasteiger partial charge in [-0.1, -0.05) is 31.0 Å². The number of likely N-dealkylation sites (tertiary alicyclic amines) is 1. The van der Waals surface area contributed by atoms with Crippen LogP contribution in [0.25, 0.3) is 0 Å². The fraction of sp³-hybridized carbons (Fsp3) is 0.409. The van der Waals surface area contributed by atoms with Gasteiger partial charge in [-0.3, -0.25) is 9.78 Å². The Labute approximate surface area is 166 Å². The summed E-state index contributed by atoms with van der Waals surface area (Å²) in [5, 5.41) is 5.67. The van der Waals surface area contributed by atoms with Gasteiger partial charge in [-0.2, -0.15) is 0 Å². The van der Waals surface area contributed by atoms with Gasteiger partial charge in [0.1, 0.15) is 0 Å². The summed E-state index contributed by atoms with van der Waals surface area (Å²) in [5.74, 6) is 0.814. The molecule has 1 fully saturated rings. The second kappa shape index (κ2) is 10.4. The first-order valence-electron chi connectivity index (χ1n) is 10.0. The second-order valence-corrected chi connectivity index (χ2v) is 7.21. The zero-order chi connectivity index (χ0) is 19.6. The molecule has 0 spiro atoms. The molecule has 1 aromatic heterocycles. The lowest BCUT2D eigenvalue weighted by Gasteiger charge is -2.32. The maximum atomic E-state index is 12.5. The number of hydrogen-bond donors (Lipinski definition) is 2. The molecule has 3 rings (SSSR count). The summed E-state index contributed by atoms with van der Waals surface area (Å²) in [7, 11) is 0. The number of unbranched alkanes of at least 4 members (excludes halogenated alkanes) is 1. The molecule has 2 N–H and O–H groups in total. The molecule has 1 aliphatic rings. The number of piperidine rings is 1. The van der Waals surface area contributed by atoms with Crippen LogP contribution < -0.4 is 10.6 Å². The summed E-state index contributed by atoms with van der Waals surface area (Å²) in [4.78, 5) is 30.2. The first-order valence-corrected chi connectivity index (χ1v) is 10.0. The highest BCUT2D eigenvalue weighted by molar-refractivity contribution is 5.94. The van der Waals surface area contributed by atoms with Gasteiger partial charge >= 0.3 is 6.03 Å².